The summed E-state index contributed by atoms with van der Waals surface area (Å²) in [6.07, 6.45) is 13.4. The van der Waals surface area contributed by atoms with Crippen LogP contribution < -0.4 is 5.32 Å². The van der Waals surface area contributed by atoms with Crippen LogP contribution in [0.5, 0.6) is 0 Å². The molecule has 0 amide bonds. The Morgan fingerprint density at radius 2 is 1.47 bits per heavy atom. The van der Waals surface area contributed by atoms with Gasteiger partial charge < -0.3 is 10.2 Å². The Morgan fingerprint density at radius 3 is 2.11 bits per heavy atom. The van der Waals surface area contributed by atoms with E-state index in [1.807, 2.05) is 0 Å². The van der Waals surface area contributed by atoms with Crippen LogP contribution in [0.4, 0.5) is 0 Å². The predicted octanol–water partition coefficient (Wildman–Crippen LogP) is 3.03. The smallest absolute Gasteiger partial charge is 0.0200 e. The van der Waals surface area contributed by atoms with Crippen molar-refractivity contribution in [1.29, 1.82) is 0 Å². The summed E-state index contributed by atoms with van der Waals surface area (Å²) < 4.78 is 0. The average Bonchev–Trinajstić information content (AvgIpc) is 3.30. The highest BCUT2D eigenvalue weighted by atomic mass is 15.2. The summed E-state index contributed by atoms with van der Waals surface area (Å²) in [7, 11) is 0. The molecule has 1 aliphatic heterocycles. The van der Waals surface area contributed by atoms with Crippen molar-refractivity contribution in [3.63, 3.8) is 0 Å². The minimum Gasteiger partial charge on any atom is -0.310 e. The number of rotatable bonds is 6. The van der Waals surface area contributed by atoms with Gasteiger partial charge in [0, 0.05) is 31.7 Å². The molecule has 1 saturated heterocycles. The molecular formula is C17H30N2. The summed E-state index contributed by atoms with van der Waals surface area (Å²) in [5.74, 6) is 3.13. The van der Waals surface area contributed by atoms with Gasteiger partial charge in [-0.2, -0.15) is 0 Å². The van der Waals surface area contributed by atoms with Crippen LogP contribution in [0.15, 0.2) is 0 Å². The molecule has 0 spiro atoms. The molecule has 0 aromatic rings. The summed E-state index contributed by atoms with van der Waals surface area (Å²) in [6, 6.07) is 1.69. The van der Waals surface area contributed by atoms with Gasteiger partial charge in [-0.05, 0) is 62.7 Å². The van der Waals surface area contributed by atoms with Gasteiger partial charge >= 0.3 is 0 Å². The normalized spacial score (nSPS) is 38.7. The van der Waals surface area contributed by atoms with E-state index in [-0.39, 0.29) is 0 Å². The summed E-state index contributed by atoms with van der Waals surface area (Å²) in [6.45, 7) is 4.16. The Bertz CT molecular complexity index is 280. The fraction of sp³-hybridized carbons (Fsp3) is 1.00. The minimum atomic E-state index is 0.811. The van der Waals surface area contributed by atoms with Crippen molar-refractivity contribution in [2.45, 2.75) is 69.9 Å². The third-order valence-electron chi connectivity index (χ3n) is 5.85. The van der Waals surface area contributed by atoms with Gasteiger partial charge in [-0.15, -0.1) is 0 Å². The van der Waals surface area contributed by atoms with Crippen molar-refractivity contribution in [3.05, 3.63) is 0 Å². The average molecular weight is 262 g/mol. The molecule has 3 unspecified atom stereocenters. The van der Waals surface area contributed by atoms with Gasteiger partial charge in [0.05, 0.1) is 0 Å². The van der Waals surface area contributed by atoms with E-state index in [9.17, 15) is 0 Å². The maximum absolute atomic E-state index is 3.97. The Morgan fingerprint density at radius 1 is 0.789 bits per heavy atom. The van der Waals surface area contributed by atoms with Crippen LogP contribution in [0, 0.1) is 17.8 Å². The second kappa shape index (κ2) is 5.37. The number of fused-ring (bicyclic) bond motifs is 1. The largest absolute Gasteiger partial charge is 0.310 e. The van der Waals surface area contributed by atoms with E-state index < -0.39 is 0 Å². The second-order valence-electron chi connectivity index (χ2n) is 7.86. The number of nitrogens with zero attached hydrogens (tertiary/aromatic N) is 1. The van der Waals surface area contributed by atoms with Crippen LogP contribution in [0.2, 0.25) is 0 Å². The lowest BCUT2D eigenvalue weighted by molar-refractivity contribution is 0.228. The third kappa shape index (κ3) is 3.33. The summed E-state index contributed by atoms with van der Waals surface area (Å²) in [5.41, 5.74) is 0. The van der Waals surface area contributed by atoms with Crippen molar-refractivity contribution in [1.82, 2.24) is 10.2 Å². The molecule has 0 bridgehead atoms. The molecular weight excluding hydrogens is 232 g/mol. The molecule has 4 rings (SSSR count). The van der Waals surface area contributed by atoms with Gasteiger partial charge in [-0.1, -0.05) is 12.8 Å². The highest BCUT2D eigenvalue weighted by molar-refractivity contribution is 4.95. The predicted molar refractivity (Wildman–Crippen MR) is 79.2 cm³/mol. The van der Waals surface area contributed by atoms with E-state index >= 15 is 0 Å². The molecule has 1 heterocycles. The topological polar surface area (TPSA) is 15.3 Å². The summed E-state index contributed by atoms with van der Waals surface area (Å²) >= 11 is 0. The van der Waals surface area contributed by atoms with Gasteiger partial charge in [-0.25, -0.2) is 0 Å². The quantitative estimate of drug-likeness (QED) is 0.791. The van der Waals surface area contributed by atoms with Crippen molar-refractivity contribution >= 4 is 0 Å². The fourth-order valence-electron chi connectivity index (χ4n) is 4.44. The van der Waals surface area contributed by atoms with Crippen LogP contribution in [0.1, 0.15) is 57.8 Å². The molecule has 0 aromatic heterocycles. The fourth-order valence-corrected chi connectivity index (χ4v) is 4.44. The molecule has 2 heteroatoms. The molecule has 0 radical (unpaired) electrons. The molecule has 1 N–H and O–H groups in total. The first-order chi connectivity index (χ1) is 9.37. The lowest BCUT2D eigenvalue weighted by Gasteiger charge is -2.26. The second-order valence-corrected chi connectivity index (χ2v) is 7.86. The molecule has 4 fully saturated rings. The van der Waals surface area contributed by atoms with E-state index in [4.69, 9.17) is 0 Å². The summed E-state index contributed by atoms with van der Waals surface area (Å²) in [5, 5.41) is 3.97. The van der Waals surface area contributed by atoms with Gasteiger partial charge in [-0.3, -0.25) is 0 Å². The van der Waals surface area contributed by atoms with Gasteiger partial charge in [0.25, 0.3) is 0 Å². The Balaban J connectivity index is 1.30. The van der Waals surface area contributed by atoms with Crippen LogP contribution >= 0.6 is 0 Å². The maximum Gasteiger partial charge on any atom is 0.0200 e. The van der Waals surface area contributed by atoms with Crippen LogP contribution in [0.3, 0.4) is 0 Å². The Kier molecular flexibility index (Phi) is 3.57. The zero-order valence-electron chi connectivity index (χ0n) is 12.3. The third-order valence-corrected chi connectivity index (χ3v) is 5.85. The van der Waals surface area contributed by atoms with Crippen molar-refractivity contribution < 1.29 is 0 Å². The van der Waals surface area contributed by atoms with E-state index in [0.717, 1.165) is 29.8 Å². The highest BCUT2D eigenvalue weighted by Gasteiger charge is 2.37. The van der Waals surface area contributed by atoms with E-state index in [0.29, 0.717) is 0 Å². The molecule has 19 heavy (non-hydrogen) atoms. The monoisotopic (exact) mass is 262 g/mol. The SMILES string of the molecule is C1CCC2NC(CN(CC3CC3)CC3CC3)CC2C1. The molecule has 4 aliphatic rings. The van der Waals surface area contributed by atoms with Gasteiger partial charge in [0.15, 0.2) is 0 Å². The molecule has 2 nitrogen and oxygen atoms in total. The zero-order valence-corrected chi connectivity index (χ0v) is 12.3. The van der Waals surface area contributed by atoms with Crippen LogP contribution in [0.25, 0.3) is 0 Å². The van der Waals surface area contributed by atoms with Gasteiger partial charge in [0.2, 0.25) is 0 Å². The molecule has 3 atom stereocenters. The maximum atomic E-state index is 3.97. The van der Waals surface area contributed by atoms with Crippen molar-refractivity contribution in [2.24, 2.45) is 17.8 Å². The van der Waals surface area contributed by atoms with Gasteiger partial charge in [0.1, 0.15) is 0 Å². The van der Waals surface area contributed by atoms with E-state index in [1.54, 1.807) is 0 Å². The van der Waals surface area contributed by atoms with Crippen LogP contribution in [-0.4, -0.2) is 36.6 Å². The number of hydrogen-bond acceptors (Lipinski definition) is 2. The van der Waals surface area contributed by atoms with Crippen molar-refractivity contribution in [3.8, 4) is 0 Å². The first kappa shape index (κ1) is 12.6. The minimum absolute atomic E-state index is 0.811. The highest BCUT2D eigenvalue weighted by Crippen LogP contribution is 2.36. The Hall–Kier alpha value is -0.0800. The molecule has 0 aromatic carbocycles. The molecule has 3 aliphatic carbocycles. The van der Waals surface area contributed by atoms with E-state index in [2.05, 4.69) is 10.2 Å². The molecule has 3 saturated carbocycles. The summed E-state index contributed by atoms with van der Waals surface area (Å²) in [4.78, 5) is 2.82. The Labute approximate surface area is 118 Å². The standard InChI is InChI=1S/C17H30N2/c1-2-4-17-15(3-1)9-16(18-17)12-19(10-13-5-6-13)11-14-7-8-14/h13-18H,1-12H2. The lowest BCUT2D eigenvalue weighted by atomic mass is 9.85. The van der Waals surface area contributed by atoms with Crippen molar-refractivity contribution in [2.75, 3.05) is 19.6 Å². The lowest BCUT2D eigenvalue weighted by Crippen LogP contribution is -2.42. The molecule has 108 valence electrons. The number of hydrogen-bond donors (Lipinski definition) is 1. The first-order valence-corrected chi connectivity index (χ1v) is 8.85. The first-order valence-electron chi connectivity index (χ1n) is 8.85. The number of nitrogens with one attached hydrogen (secondary N) is 1. The van der Waals surface area contributed by atoms with Crippen LogP contribution in [-0.2, 0) is 0 Å². The van der Waals surface area contributed by atoms with E-state index in [1.165, 1.54) is 77.4 Å². The zero-order chi connectivity index (χ0) is 12.7.